The molecule has 0 radical (unpaired) electrons. The number of hydrogen-bond donors (Lipinski definition) is 2. The molecule has 2 aromatic rings. The molecule has 0 unspecified atom stereocenters. The summed E-state index contributed by atoms with van der Waals surface area (Å²) < 4.78 is 38.9. The molecule has 0 aliphatic rings. The van der Waals surface area contributed by atoms with Gasteiger partial charge in [0.05, 0.1) is 11.3 Å². The molecule has 0 atom stereocenters. The third kappa shape index (κ3) is 3.24. The van der Waals surface area contributed by atoms with Gasteiger partial charge in [0.1, 0.15) is 17.5 Å². The number of nitrogens with zero attached hydrogens (tertiary/aromatic N) is 2. The van der Waals surface area contributed by atoms with Crippen LogP contribution in [-0.4, -0.2) is 9.97 Å². The number of benzene rings is 1. The first-order valence-corrected chi connectivity index (χ1v) is 6.39. The molecule has 1 heterocycles. The van der Waals surface area contributed by atoms with Crippen LogP contribution < -0.4 is 11.1 Å². The normalized spacial score (nSPS) is 11.5. The van der Waals surface area contributed by atoms with Crippen LogP contribution in [0.25, 0.3) is 0 Å². The van der Waals surface area contributed by atoms with Crippen molar-refractivity contribution in [2.24, 2.45) is 0 Å². The summed E-state index contributed by atoms with van der Waals surface area (Å²) in [5.74, 6) is 1.02. The van der Waals surface area contributed by atoms with Gasteiger partial charge >= 0.3 is 6.18 Å². The monoisotopic (exact) mass is 296 g/mol. The molecule has 4 nitrogen and oxygen atoms in total. The van der Waals surface area contributed by atoms with E-state index in [0.29, 0.717) is 17.8 Å². The predicted molar refractivity (Wildman–Crippen MR) is 75.3 cm³/mol. The van der Waals surface area contributed by atoms with Gasteiger partial charge in [-0.15, -0.1) is 0 Å². The number of aryl methyl sites for hydroxylation is 1. The van der Waals surface area contributed by atoms with Crippen molar-refractivity contribution in [1.82, 2.24) is 9.97 Å². The minimum atomic E-state index is -4.44. The molecule has 0 saturated carbocycles. The van der Waals surface area contributed by atoms with E-state index in [1.54, 1.807) is 6.92 Å². The number of anilines is 3. The number of nitrogen functional groups attached to an aromatic ring is 1. The van der Waals surface area contributed by atoms with Crippen molar-refractivity contribution in [3.63, 3.8) is 0 Å². The number of aromatic nitrogens is 2. The van der Waals surface area contributed by atoms with E-state index in [9.17, 15) is 13.2 Å². The number of hydrogen-bond acceptors (Lipinski definition) is 4. The van der Waals surface area contributed by atoms with Gasteiger partial charge in [0, 0.05) is 12.0 Å². The highest BCUT2D eigenvalue weighted by molar-refractivity contribution is 5.66. The first-order chi connectivity index (χ1) is 9.82. The zero-order valence-electron chi connectivity index (χ0n) is 11.6. The van der Waals surface area contributed by atoms with Crippen molar-refractivity contribution < 1.29 is 13.2 Å². The summed E-state index contributed by atoms with van der Waals surface area (Å²) in [6.45, 7) is 3.50. The minimum Gasteiger partial charge on any atom is -0.383 e. The molecular weight excluding hydrogens is 281 g/mol. The molecule has 0 aliphatic carbocycles. The number of halogens is 3. The second-order valence-corrected chi connectivity index (χ2v) is 4.52. The van der Waals surface area contributed by atoms with E-state index in [4.69, 9.17) is 5.73 Å². The Bertz CT molecular complexity index is 653. The van der Waals surface area contributed by atoms with Crippen molar-refractivity contribution in [1.29, 1.82) is 0 Å². The molecule has 1 aromatic heterocycles. The Morgan fingerprint density at radius 1 is 1.19 bits per heavy atom. The summed E-state index contributed by atoms with van der Waals surface area (Å²) in [5, 5.41) is 2.71. The van der Waals surface area contributed by atoms with Crippen LogP contribution in [0.4, 0.5) is 30.5 Å². The van der Waals surface area contributed by atoms with Gasteiger partial charge < -0.3 is 11.1 Å². The predicted octanol–water partition coefficient (Wildman–Crippen LogP) is 3.69. The Kier molecular flexibility index (Phi) is 4.02. The third-order valence-corrected chi connectivity index (χ3v) is 3.03. The molecule has 1 aromatic carbocycles. The number of para-hydroxylation sites is 1. The summed E-state index contributed by atoms with van der Waals surface area (Å²) in [5.41, 5.74) is 5.47. The topological polar surface area (TPSA) is 63.8 Å². The molecule has 0 bridgehead atoms. The molecule has 0 saturated heterocycles. The lowest BCUT2D eigenvalue weighted by atomic mass is 10.1. The van der Waals surface area contributed by atoms with Crippen molar-refractivity contribution in [2.75, 3.05) is 11.1 Å². The highest BCUT2D eigenvalue weighted by atomic mass is 19.4. The van der Waals surface area contributed by atoms with Crippen molar-refractivity contribution in [3.8, 4) is 0 Å². The van der Waals surface area contributed by atoms with Crippen LogP contribution in [0.15, 0.2) is 24.3 Å². The minimum absolute atomic E-state index is 0.0618. The van der Waals surface area contributed by atoms with Gasteiger partial charge in [0.2, 0.25) is 0 Å². The Hall–Kier alpha value is -2.31. The first kappa shape index (κ1) is 15.1. The fraction of sp³-hybridized carbons (Fsp3) is 0.286. The summed E-state index contributed by atoms with van der Waals surface area (Å²) >= 11 is 0. The van der Waals surface area contributed by atoms with Gasteiger partial charge in [-0.05, 0) is 19.1 Å². The van der Waals surface area contributed by atoms with Crippen LogP contribution in [0.5, 0.6) is 0 Å². The van der Waals surface area contributed by atoms with E-state index >= 15 is 0 Å². The fourth-order valence-electron chi connectivity index (χ4n) is 1.83. The van der Waals surface area contributed by atoms with E-state index in [1.807, 2.05) is 6.92 Å². The number of nitrogens with one attached hydrogen (secondary N) is 1. The van der Waals surface area contributed by atoms with Crippen molar-refractivity contribution in [2.45, 2.75) is 26.4 Å². The van der Waals surface area contributed by atoms with Crippen LogP contribution in [-0.2, 0) is 12.6 Å². The molecule has 7 heteroatoms. The molecule has 2 rings (SSSR count). The maximum atomic E-state index is 13.0. The van der Waals surface area contributed by atoms with Gasteiger partial charge in [0.15, 0.2) is 0 Å². The zero-order chi connectivity index (χ0) is 15.6. The maximum absolute atomic E-state index is 13.0. The largest absolute Gasteiger partial charge is 0.418 e. The van der Waals surface area contributed by atoms with Crippen LogP contribution in [0, 0.1) is 6.92 Å². The van der Waals surface area contributed by atoms with Gasteiger partial charge in [-0.1, -0.05) is 19.1 Å². The summed E-state index contributed by atoms with van der Waals surface area (Å²) in [4.78, 5) is 8.27. The molecule has 0 amide bonds. The molecule has 0 fully saturated rings. The van der Waals surface area contributed by atoms with Gasteiger partial charge in [0.25, 0.3) is 0 Å². The Balaban J connectivity index is 2.46. The van der Waals surface area contributed by atoms with Gasteiger partial charge in [-0.2, -0.15) is 13.2 Å². The van der Waals surface area contributed by atoms with E-state index in [0.717, 1.165) is 6.07 Å². The highest BCUT2D eigenvalue weighted by Crippen LogP contribution is 2.36. The van der Waals surface area contributed by atoms with Crippen LogP contribution >= 0.6 is 0 Å². The van der Waals surface area contributed by atoms with Crippen molar-refractivity contribution >= 4 is 17.3 Å². The van der Waals surface area contributed by atoms with E-state index in [1.165, 1.54) is 18.2 Å². The summed E-state index contributed by atoms with van der Waals surface area (Å²) in [6.07, 6.45) is -3.90. The van der Waals surface area contributed by atoms with Crippen LogP contribution in [0.2, 0.25) is 0 Å². The average Bonchev–Trinajstić information content (AvgIpc) is 2.43. The Morgan fingerprint density at radius 2 is 1.86 bits per heavy atom. The summed E-state index contributed by atoms with van der Waals surface area (Å²) in [7, 11) is 0. The molecule has 112 valence electrons. The Labute approximate surface area is 120 Å². The van der Waals surface area contributed by atoms with E-state index in [2.05, 4.69) is 15.3 Å². The standard InChI is InChI=1S/C14H15F3N4/c1-3-11-20-12(18)8(2)13(21-11)19-10-7-5-4-6-9(10)14(15,16)17/h4-7H,3H2,1-2H3,(H3,18,19,20,21). The highest BCUT2D eigenvalue weighted by Gasteiger charge is 2.33. The lowest BCUT2D eigenvalue weighted by Crippen LogP contribution is -2.11. The molecule has 3 N–H and O–H groups in total. The first-order valence-electron chi connectivity index (χ1n) is 6.39. The second kappa shape index (κ2) is 5.59. The zero-order valence-corrected chi connectivity index (χ0v) is 11.6. The number of rotatable bonds is 3. The molecule has 0 spiro atoms. The average molecular weight is 296 g/mol. The number of alkyl halides is 3. The lowest BCUT2D eigenvalue weighted by Gasteiger charge is -2.16. The smallest absolute Gasteiger partial charge is 0.383 e. The summed E-state index contributed by atoms with van der Waals surface area (Å²) in [6, 6.07) is 5.24. The van der Waals surface area contributed by atoms with Gasteiger partial charge in [-0.3, -0.25) is 0 Å². The van der Waals surface area contributed by atoms with Crippen LogP contribution in [0.3, 0.4) is 0 Å². The second-order valence-electron chi connectivity index (χ2n) is 4.52. The van der Waals surface area contributed by atoms with E-state index < -0.39 is 11.7 Å². The molecular formula is C14H15F3N4. The lowest BCUT2D eigenvalue weighted by molar-refractivity contribution is -0.136. The third-order valence-electron chi connectivity index (χ3n) is 3.03. The quantitative estimate of drug-likeness (QED) is 0.906. The Morgan fingerprint density at radius 3 is 2.48 bits per heavy atom. The molecule has 21 heavy (non-hydrogen) atoms. The maximum Gasteiger partial charge on any atom is 0.418 e. The SMILES string of the molecule is CCc1nc(N)c(C)c(Nc2ccccc2C(F)(F)F)n1. The molecule has 0 aliphatic heterocycles. The number of nitrogens with two attached hydrogens (primary N) is 1. The van der Waals surface area contributed by atoms with Crippen molar-refractivity contribution in [3.05, 3.63) is 41.2 Å². The fourth-order valence-corrected chi connectivity index (χ4v) is 1.83. The van der Waals surface area contributed by atoms with Crippen LogP contribution in [0.1, 0.15) is 23.9 Å². The van der Waals surface area contributed by atoms with Gasteiger partial charge in [-0.25, -0.2) is 9.97 Å². The van der Waals surface area contributed by atoms with E-state index in [-0.39, 0.29) is 17.3 Å².